The van der Waals surface area contributed by atoms with Crippen LogP contribution >= 0.6 is 11.3 Å². The summed E-state index contributed by atoms with van der Waals surface area (Å²) in [6.07, 6.45) is 4.99. The first kappa shape index (κ1) is 32.7. The van der Waals surface area contributed by atoms with Gasteiger partial charge in [0.25, 0.3) is 0 Å². The molecule has 0 spiro atoms. The molecule has 1 aromatic carbocycles. The summed E-state index contributed by atoms with van der Waals surface area (Å²) in [5.41, 5.74) is 6.47. The van der Waals surface area contributed by atoms with Gasteiger partial charge in [0.05, 0.1) is 41.2 Å². The largest absolute Gasteiger partial charge is 0.444 e. The summed E-state index contributed by atoms with van der Waals surface area (Å²) in [4.78, 5) is 58.8. The Hall–Kier alpha value is -4.65. The second-order valence-electron chi connectivity index (χ2n) is 11.9. The summed E-state index contributed by atoms with van der Waals surface area (Å²) in [7, 11) is 1.75. The van der Waals surface area contributed by atoms with Crippen LogP contribution in [0.2, 0.25) is 0 Å². The van der Waals surface area contributed by atoms with Crippen LogP contribution in [0.4, 0.5) is 9.59 Å². The number of hydrogen-bond acceptors (Lipinski definition) is 7. The molecule has 46 heavy (non-hydrogen) atoms. The molecule has 1 aliphatic heterocycles. The van der Waals surface area contributed by atoms with Crippen molar-refractivity contribution in [3.63, 3.8) is 0 Å². The van der Waals surface area contributed by atoms with Gasteiger partial charge < -0.3 is 35.1 Å². The summed E-state index contributed by atoms with van der Waals surface area (Å²) in [6.45, 7) is 5.45. The first-order chi connectivity index (χ1) is 22.3. The van der Waals surface area contributed by atoms with Crippen LogP contribution in [0.25, 0.3) is 0 Å². The molecule has 0 fully saturated rings. The molecule has 4 amide bonds. The highest BCUT2D eigenvalue weighted by Crippen LogP contribution is 2.23. The lowest BCUT2D eigenvalue weighted by Crippen LogP contribution is -2.55. The van der Waals surface area contributed by atoms with Gasteiger partial charge >= 0.3 is 12.1 Å². The van der Waals surface area contributed by atoms with Crippen molar-refractivity contribution >= 4 is 29.4 Å². The van der Waals surface area contributed by atoms with Crippen LogP contribution in [-0.2, 0) is 42.1 Å². The number of rotatable bonds is 13. The van der Waals surface area contributed by atoms with Crippen LogP contribution in [0.3, 0.4) is 0 Å². The number of aromatic nitrogens is 4. The van der Waals surface area contributed by atoms with Gasteiger partial charge in [0.2, 0.25) is 5.91 Å². The maximum atomic E-state index is 13.7. The minimum Gasteiger partial charge on any atom is -0.444 e. The number of ether oxygens (including phenoxy) is 1. The predicted octanol–water partition coefficient (Wildman–Crippen LogP) is 4.73. The van der Waals surface area contributed by atoms with Crippen LogP contribution in [0.5, 0.6) is 0 Å². The highest BCUT2D eigenvalue weighted by Gasteiger charge is 2.37. The fourth-order valence-electron chi connectivity index (χ4n) is 5.56. The van der Waals surface area contributed by atoms with E-state index in [0.29, 0.717) is 44.7 Å². The molecule has 3 aromatic heterocycles. The van der Waals surface area contributed by atoms with Gasteiger partial charge in [0, 0.05) is 43.6 Å². The van der Waals surface area contributed by atoms with Gasteiger partial charge in [-0.2, -0.15) is 0 Å². The van der Waals surface area contributed by atoms with E-state index in [0.717, 1.165) is 33.2 Å². The van der Waals surface area contributed by atoms with Crippen LogP contribution < -0.4 is 10.6 Å². The SMILES string of the molecule is CC(C)c1ccc(CN(C)C(=O)N2Cc3[nH]cnc3CC2C(=O)NCCCC(Cc2ccccc2)NC(=O)OCc2cncs2)[nH]1. The Morgan fingerprint density at radius 2 is 2.00 bits per heavy atom. The van der Waals surface area contributed by atoms with Crippen molar-refractivity contribution in [3.8, 4) is 0 Å². The molecule has 0 saturated carbocycles. The second kappa shape index (κ2) is 15.6. The molecule has 2 atom stereocenters. The van der Waals surface area contributed by atoms with Gasteiger partial charge in [-0.25, -0.2) is 14.6 Å². The fraction of sp³-hybridized carbons (Fsp3) is 0.424. The highest BCUT2D eigenvalue weighted by molar-refractivity contribution is 7.09. The normalized spacial score (nSPS) is 14.9. The number of fused-ring (bicyclic) bond motifs is 1. The quantitative estimate of drug-likeness (QED) is 0.154. The third kappa shape index (κ3) is 8.75. The summed E-state index contributed by atoms with van der Waals surface area (Å²) < 4.78 is 5.40. The Labute approximate surface area is 273 Å². The summed E-state index contributed by atoms with van der Waals surface area (Å²) >= 11 is 1.43. The van der Waals surface area contributed by atoms with Gasteiger partial charge in [-0.3, -0.25) is 9.78 Å². The molecule has 12 nitrogen and oxygen atoms in total. The van der Waals surface area contributed by atoms with Gasteiger partial charge in [0.1, 0.15) is 12.6 Å². The molecule has 2 unspecified atom stereocenters. The van der Waals surface area contributed by atoms with E-state index < -0.39 is 12.1 Å². The summed E-state index contributed by atoms with van der Waals surface area (Å²) in [5, 5.41) is 6.02. The maximum absolute atomic E-state index is 13.7. The lowest BCUT2D eigenvalue weighted by atomic mass is 10.0. The standard InChI is InChI=1S/C33H42N8O4S/c1-22(2)27-12-11-25(38-27)17-40(3)33(44)41-18-29-28(36-20-37-29)15-30(41)31(42)35-13-7-10-24(14-23-8-5-4-6-9-23)39-32(43)45-19-26-16-34-21-46-26/h4-6,8-9,11-12,16,20-22,24,30,38H,7,10,13-15,17-19H2,1-3H3,(H,35,42)(H,36,37)(H,39,43). The number of carbonyl (C=O) groups is 3. The topological polar surface area (TPSA) is 148 Å². The lowest BCUT2D eigenvalue weighted by molar-refractivity contribution is -0.126. The van der Waals surface area contributed by atoms with E-state index in [-0.39, 0.29) is 31.1 Å². The van der Waals surface area contributed by atoms with E-state index >= 15 is 0 Å². The van der Waals surface area contributed by atoms with E-state index in [2.05, 4.69) is 44.4 Å². The average molecular weight is 647 g/mol. The van der Waals surface area contributed by atoms with Crippen LogP contribution in [-0.4, -0.2) is 73.4 Å². The molecule has 0 radical (unpaired) electrons. The van der Waals surface area contributed by atoms with Crippen molar-refractivity contribution in [2.45, 2.75) is 77.2 Å². The number of aromatic amines is 2. The molecule has 4 heterocycles. The number of hydrogen-bond donors (Lipinski definition) is 4. The average Bonchev–Trinajstić information content (AvgIpc) is 3.84. The Morgan fingerprint density at radius 1 is 1.17 bits per heavy atom. The first-order valence-electron chi connectivity index (χ1n) is 15.6. The number of nitrogens with zero attached hydrogens (tertiary/aromatic N) is 4. The van der Waals surface area contributed by atoms with Crippen molar-refractivity contribution in [2.24, 2.45) is 0 Å². The summed E-state index contributed by atoms with van der Waals surface area (Å²) in [6, 6.07) is 12.9. The monoisotopic (exact) mass is 646 g/mol. The molecule has 5 rings (SSSR count). The zero-order valence-electron chi connectivity index (χ0n) is 26.5. The van der Waals surface area contributed by atoms with E-state index in [4.69, 9.17) is 4.74 Å². The van der Waals surface area contributed by atoms with Gasteiger partial charge in [-0.15, -0.1) is 11.3 Å². The van der Waals surface area contributed by atoms with Crippen molar-refractivity contribution in [1.82, 2.24) is 40.4 Å². The number of thiazole rings is 1. The maximum Gasteiger partial charge on any atom is 0.407 e. The molecule has 1 aliphatic rings. The van der Waals surface area contributed by atoms with Crippen LogP contribution in [0.15, 0.2) is 60.5 Å². The number of H-pyrrole nitrogens is 2. The van der Waals surface area contributed by atoms with E-state index in [9.17, 15) is 14.4 Å². The van der Waals surface area contributed by atoms with Gasteiger partial charge in [0.15, 0.2) is 0 Å². The first-order valence-corrected chi connectivity index (χ1v) is 16.5. The number of imidazole rings is 1. The number of amides is 4. The molecule has 4 N–H and O–H groups in total. The lowest BCUT2D eigenvalue weighted by Gasteiger charge is -2.36. The third-order valence-corrected chi connectivity index (χ3v) is 8.83. The Balaban J connectivity index is 1.17. The molecule has 13 heteroatoms. The van der Waals surface area contributed by atoms with Gasteiger partial charge in [-0.05, 0) is 42.9 Å². The Bertz CT molecular complexity index is 1570. The minimum absolute atomic E-state index is 0.165. The van der Waals surface area contributed by atoms with Crippen LogP contribution in [0, 0.1) is 0 Å². The minimum atomic E-state index is -0.694. The smallest absolute Gasteiger partial charge is 0.407 e. The predicted molar refractivity (Wildman–Crippen MR) is 175 cm³/mol. The highest BCUT2D eigenvalue weighted by atomic mass is 32.1. The zero-order chi connectivity index (χ0) is 32.5. The molecular formula is C33H42N8O4S. The van der Waals surface area contributed by atoms with E-state index in [1.54, 1.807) is 34.9 Å². The Morgan fingerprint density at radius 3 is 2.74 bits per heavy atom. The number of urea groups is 1. The molecule has 0 aliphatic carbocycles. The van der Waals surface area contributed by atoms with Crippen molar-refractivity contribution in [1.29, 1.82) is 0 Å². The third-order valence-electron chi connectivity index (χ3n) is 8.08. The van der Waals surface area contributed by atoms with Crippen molar-refractivity contribution in [2.75, 3.05) is 13.6 Å². The summed E-state index contributed by atoms with van der Waals surface area (Å²) in [5.74, 6) is 0.130. The Kier molecular flexibility index (Phi) is 11.1. The number of benzene rings is 1. The van der Waals surface area contributed by atoms with Crippen LogP contribution in [0.1, 0.15) is 65.8 Å². The van der Waals surface area contributed by atoms with Crippen molar-refractivity contribution < 1.29 is 19.1 Å². The molecule has 244 valence electrons. The van der Waals surface area contributed by atoms with Crippen molar-refractivity contribution in [3.05, 3.63) is 93.7 Å². The van der Waals surface area contributed by atoms with E-state index in [1.165, 1.54) is 11.3 Å². The second-order valence-corrected chi connectivity index (χ2v) is 12.9. The zero-order valence-corrected chi connectivity index (χ0v) is 27.3. The fourth-order valence-corrected chi connectivity index (χ4v) is 6.07. The molecule has 4 aromatic rings. The van der Waals surface area contributed by atoms with Gasteiger partial charge in [-0.1, -0.05) is 44.2 Å². The molecule has 0 saturated heterocycles. The molecular weight excluding hydrogens is 604 g/mol. The van der Waals surface area contributed by atoms with E-state index in [1.807, 2.05) is 42.5 Å². The number of carbonyl (C=O) groups excluding carboxylic acids is 3. The number of nitrogens with one attached hydrogen (secondary N) is 4. The number of alkyl carbamates (subject to hydrolysis) is 1. The molecule has 0 bridgehead atoms.